The maximum atomic E-state index is 13.9. The molecule has 1 unspecified atom stereocenters. The van der Waals surface area contributed by atoms with E-state index in [1.54, 1.807) is 49.4 Å². The molecule has 38 heavy (non-hydrogen) atoms. The van der Waals surface area contributed by atoms with Crippen molar-refractivity contribution in [3.63, 3.8) is 0 Å². The van der Waals surface area contributed by atoms with Crippen molar-refractivity contribution in [2.45, 2.75) is 51.1 Å². The molecule has 0 fully saturated rings. The zero-order valence-corrected chi connectivity index (χ0v) is 24.9. The molecule has 0 bridgehead atoms. The summed E-state index contributed by atoms with van der Waals surface area (Å²) < 4.78 is 29.5. The van der Waals surface area contributed by atoms with Crippen molar-refractivity contribution in [2.75, 3.05) is 17.4 Å². The van der Waals surface area contributed by atoms with Crippen molar-refractivity contribution in [1.82, 2.24) is 10.2 Å². The second-order valence-electron chi connectivity index (χ2n) is 9.07. The minimum atomic E-state index is -4.06. The number of hydrogen-bond donors (Lipinski definition) is 1. The third kappa shape index (κ3) is 7.57. The Labute approximate surface area is 239 Å². The van der Waals surface area contributed by atoms with Gasteiger partial charge >= 0.3 is 0 Å². The summed E-state index contributed by atoms with van der Waals surface area (Å²) in [7, 11) is -4.06. The van der Waals surface area contributed by atoms with Crippen molar-refractivity contribution >= 4 is 50.1 Å². The minimum Gasteiger partial charge on any atom is -0.354 e. The first-order valence-electron chi connectivity index (χ1n) is 12.6. The SMILES string of the molecule is CCCCNC(=O)C(C)N(Cc1ccccc1C)C(=O)CN(c1ccc(I)cc1)S(=O)(=O)c1ccccc1. The molecule has 0 aliphatic carbocycles. The third-order valence-electron chi connectivity index (χ3n) is 6.32. The van der Waals surface area contributed by atoms with Crippen LogP contribution in [-0.4, -0.2) is 44.3 Å². The van der Waals surface area contributed by atoms with E-state index in [0.717, 1.165) is 31.8 Å². The lowest BCUT2D eigenvalue weighted by Gasteiger charge is -2.32. The van der Waals surface area contributed by atoms with Crippen LogP contribution in [-0.2, 0) is 26.2 Å². The number of sulfonamides is 1. The van der Waals surface area contributed by atoms with Gasteiger partial charge in [0, 0.05) is 16.7 Å². The van der Waals surface area contributed by atoms with E-state index in [1.807, 2.05) is 38.1 Å². The van der Waals surface area contributed by atoms with Crippen LogP contribution in [0.2, 0.25) is 0 Å². The highest BCUT2D eigenvalue weighted by Crippen LogP contribution is 2.25. The number of benzene rings is 3. The monoisotopic (exact) mass is 647 g/mol. The van der Waals surface area contributed by atoms with E-state index >= 15 is 0 Å². The molecule has 0 heterocycles. The molecule has 3 rings (SSSR count). The summed E-state index contributed by atoms with van der Waals surface area (Å²) in [6.07, 6.45) is 1.77. The average Bonchev–Trinajstić information content (AvgIpc) is 2.92. The first-order valence-corrected chi connectivity index (χ1v) is 15.1. The van der Waals surface area contributed by atoms with Crippen molar-refractivity contribution in [3.05, 3.63) is 93.6 Å². The first-order chi connectivity index (χ1) is 18.1. The number of halogens is 1. The number of carbonyl (C=O) groups is 2. The van der Waals surface area contributed by atoms with E-state index in [-0.39, 0.29) is 17.3 Å². The van der Waals surface area contributed by atoms with Crippen LogP contribution in [0.5, 0.6) is 0 Å². The Morgan fingerprint density at radius 1 is 0.947 bits per heavy atom. The Morgan fingerprint density at radius 2 is 1.58 bits per heavy atom. The van der Waals surface area contributed by atoms with Gasteiger partial charge in [-0.2, -0.15) is 0 Å². The van der Waals surface area contributed by atoms with Crippen LogP contribution in [0, 0.1) is 10.5 Å². The maximum Gasteiger partial charge on any atom is 0.264 e. The van der Waals surface area contributed by atoms with Crippen molar-refractivity contribution in [1.29, 1.82) is 0 Å². The Balaban J connectivity index is 1.99. The molecule has 0 spiro atoms. The molecule has 2 amide bonds. The largest absolute Gasteiger partial charge is 0.354 e. The lowest BCUT2D eigenvalue weighted by Crippen LogP contribution is -2.51. The highest BCUT2D eigenvalue weighted by Gasteiger charge is 2.32. The summed E-state index contributed by atoms with van der Waals surface area (Å²) in [5, 5.41) is 2.90. The molecule has 0 saturated heterocycles. The van der Waals surface area contributed by atoms with E-state index in [9.17, 15) is 18.0 Å². The van der Waals surface area contributed by atoms with Crippen LogP contribution in [0.3, 0.4) is 0 Å². The smallest absolute Gasteiger partial charge is 0.264 e. The number of anilines is 1. The maximum absolute atomic E-state index is 13.9. The van der Waals surface area contributed by atoms with Crippen LogP contribution >= 0.6 is 22.6 Å². The highest BCUT2D eigenvalue weighted by atomic mass is 127. The molecule has 7 nitrogen and oxygen atoms in total. The molecule has 9 heteroatoms. The second-order valence-corrected chi connectivity index (χ2v) is 12.2. The Kier molecular flexibility index (Phi) is 10.7. The lowest BCUT2D eigenvalue weighted by atomic mass is 10.1. The normalized spacial score (nSPS) is 12.0. The number of aryl methyl sites for hydroxylation is 1. The molecule has 1 N–H and O–H groups in total. The fourth-order valence-corrected chi connectivity index (χ4v) is 5.74. The first kappa shape index (κ1) is 29.6. The number of amides is 2. The molecule has 202 valence electrons. The minimum absolute atomic E-state index is 0.0853. The van der Waals surface area contributed by atoms with Gasteiger partial charge in [0.25, 0.3) is 10.0 Å². The highest BCUT2D eigenvalue weighted by molar-refractivity contribution is 14.1. The summed E-state index contributed by atoms with van der Waals surface area (Å²) >= 11 is 2.15. The van der Waals surface area contributed by atoms with Gasteiger partial charge in [-0.15, -0.1) is 0 Å². The fourth-order valence-electron chi connectivity index (χ4n) is 3.95. The number of nitrogens with zero attached hydrogens (tertiary/aromatic N) is 2. The van der Waals surface area contributed by atoms with Gasteiger partial charge < -0.3 is 10.2 Å². The molecule has 1 atom stereocenters. The molecular weight excluding hydrogens is 613 g/mol. The summed E-state index contributed by atoms with van der Waals surface area (Å²) in [5.41, 5.74) is 2.24. The summed E-state index contributed by atoms with van der Waals surface area (Å²) in [6, 6.07) is 21.9. The molecule has 0 aliphatic heterocycles. The van der Waals surface area contributed by atoms with E-state index < -0.39 is 28.5 Å². The van der Waals surface area contributed by atoms with Crippen LogP contribution in [0.4, 0.5) is 5.69 Å². The Morgan fingerprint density at radius 3 is 2.21 bits per heavy atom. The molecule has 0 aliphatic rings. The molecule has 3 aromatic rings. The van der Waals surface area contributed by atoms with E-state index in [4.69, 9.17) is 0 Å². The van der Waals surface area contributed by atoms with Gasteiger partial charge in [-0.3, -0.25) is 13.9 Å². The number of rotatable bonds is 12. The van der Waals surface area contributed by atoms with Gasteiger partial charge in [-0.25, -0.2) is 8.42 Å². The average molecular weight is 648 g/mol. The van der Waals surface area contributed by atoms with E-state index in [2.05, 4.69) is 27.9 Å². The number of nitrogens with one attached hydrogen (secondary N) is 1. The van der Waals surface area contributed by atoms with Gasteiger partial charge in [-0.1, -0.05) is 55.8 Å². The predicted molar refractivity (Wildman–Crippen MR) is 159 cm³/mol. The van der Waals surface area contributed by atoms with Crippen molar-refractivity contribution in [3.8, 4) is 0 Å². The third-order valence-corrected chi connectivity index (χ3v) is 8.83. The van der Waals surface area contributed by atoms with Gasteiger partial charge in [0.2, 0.25) is 11.8 Å². The molecule has 0 saturated carbocycles. The van der Waals surface area contributed by atoms with Gasteiger partial charge in [0.1, 0.15) is 12.6 Å². The number of hydrogen-bond acceptors (Lipinski definition) is 4. The van der Waals surface area contributed by atoms with Crippen molar-refractivity contribution < 1.29 is 18.0 Å². The van der Waals surface area contributed by atoms with Gasteiger partial charge in [-0.05, 0) is 90.4 Å². The topological polar surface area (TPSA) is 86.8 Å². The zero-order chi connectivity index (χ0) is 27.7. The molecular formula is C29H34IN3O4S. The standard InChI is InChI=1S/C29H34IN3O4S/c1-4-5-19-31-29(35)23(3)32(20-24-12-10-9-11-22(24)2)28(34)21-33(26-17-15-25(30)16-18-26)38(36,37)27-13-7-6-8-14-27/h6-18,23H,4-5,19-21H2,1-3H3,(H,31,35). The summed E-state index contributed by atoms with van der Waals surface area (Å²) in [6.45, 7) is 5.91. The molecule has 0 radical (unpaired) electrons. The lowest BCUT2D eigenvalue weighted by molar-refractivity contribution is -0.139. The zero-order valence-electron chi connectivity index (χ0n) is 21.9. The Bertz CT molecular complexity index is 1330. The van der Waals surface area contributed by atoms with Crippen LogP contribution in [0.1, 0.15) is 37.8 Å². The predicted octanol–water partition coefficient (Wildman–Crippen LogP) is 5.13. The summed E-state index contributed by atoms with van der Waals surface area (Å²) in [5.74, 6) is -0.739. The number of unbranched alkanes of at least 4 members (excludes halogenated alkanes) is 1. The second kappa shape index (κ2) is 13.7. The molecule has 0 aromatic heterocycles. The van der Waals surface area contributed by atoms with E-state index in [1.165, 1.54) is 17.0 Å². The Hall–Kier alpha value is -2.92. The quantitative estimate of drug-likeness (QED) is 0.218. The van der Waals surface area contributed by atoms with Gasteiger partial charge in [0.15, 0.2) is 0 Å². The van der Waals surface area contributed by atoms with Crippen LogP contribution < -0.4 is 9.62 Å². The summed E-state index contributed by atoms with van der Waals surface area (Å²) in [4.78, 5) is 28.5. The van der Waals surface area contributed by atoms with Crippen molar-refractivity contribution in [2.24, 2.45) is 0 Å². The van der Waals surface area contributed by atoms with Gasteiger partial charge in [0.05, 0.1) is 10.6 Å². The number of carbonyl (C=O) groups excluding carboxylic acids is 2. The van der Waals surface area contributed by atoms with Crippen LogP contribution in [0.15, 0.2) is 83.8 Å². The molecule has 3 aromatic carbocycles. The fraction of sp³-hybridized carbons (Fsp3) is 0.310. The van der Waals surface area contributed by atoms with E-state index in [0.29, 0.717) is 12.2 Å². The van der Waals surface area contributed by atoms with Crippen LogP contribution in [0.25, 0.3) is 0 Å².